The largest absolute Gasteiger partial charge is 0.468 e. The Balaban J connectivity index is 2.42. The predicted molar refractivity (Wildman–Crippen MR) is 119 cm³/mol. The minimum Gasteiger partial charge on any atom is -0.468 e. The first-order valence-electron chi connectivity index (χ1n) is 9.30. The number of methoxy groups -OCH3 is 2. The second-order valence-corrected chi connectivity index (χ2v) is 6.89. The Morgan fingerprint density at radius 3 is 2.12 bits per heavy atom. The van der Waals surface area contributed by atoms with Gasteiger partial charge in [0.15, 0.2) is 0 Å². The van der Waals surface area contributed by atoms with Gasteiger partial charge in [-0.2, -0.15) is 0 Å². The van der Waals surface area contributed by atoms with Crippen molar-refractivity contribution in [3.8, 4) is 0 Å². The molecule has 0 saturated heterocycles. The molecule has 12 nitrogen and oxygen atoms in total. The first-order chi connectivity index (χ1) is 15.6. The Morgan fingerprint density at radius 2 is 1.61 bits per heavy atom. The zero-order valence-electron chi connectivity index (χ0n) is 17.9. The number of carbonyl (C=O) groups excluding carboxylic acids is 3. The average molecular weight is 478 g/mol. The lowest BCUT2D eigenvalue weighted by molar-refractivity contribution is -0.384. The topological polar surface area (TPSA) is 153 Å². The summed E-state index contributed by atoms with van der Waals surface area (Å²) in [5, 5.41) is 21.5. The minimum atomic E-state index is -0.588. The van der Waals surface area contributed by atoms with E-state index in [0.29, 0.717) is 5.69 Å². The molecule has 0 aromatic heterocycles. The van der Waals surface area contributed by atoms with Crippen LogP contribution in [0.3, 0.4) is 0 Å². The van der Waals surface area contributed by atoms with Gasteiger partial charge in [0.2, 0.25) is 5.91 Å². The normalized spacial score (nSPS) is 10.5. The molecule has 0 aliphatic carbocycles. The Labute approximate surface area is 193 Å². The van der Waals surface area contributed by atoms with Gasteiger partial charge in [0.25, 0.3) is 5.69 Å². The molecule has 0 bridgehead atoms. The molecule has 0 unspecified atom stereocenters. The molecular formula is C20H20ClN5O7. The molecular weight excluding hydrogens is 458 g/mol. The molecule has 0 spiro atoms. The van der Waals surface area contributed by atoms with Gasteiger partial charge in [-0.25, -0.2) is 0 Å². The molecule has 0 saturated carbocycles. The molecule has 0 atom stereocenters. The lowest BCUT2D eigenvalue weighted by atomic mass is 10.2. The van der Waals surface area contributed by atoms with Crippen molar-refractivity contribution < 1.29 is 28.8 Å². The van der Waals surface area contributed by atoms with E-state index in [1.165, 1.54) is 50.3 Å². The summed E-state index contributed by atoms with van der Waals surface area (Å²) in [5.41, 5.74) is 0.861. The van der Waals surface area contributed by atoms with E-state index in [0.717, 1.165) is 6.07 Å². The van der Waals surface area contributed by atoms with Gasteiger partial charge in [-0.05, 0) is 24.3 Å². The van der Waals surface area contributed by atoms with Gasteiger partial charge < -0.3 is 19.7 Å². The van der Waals surface area contributed by atoms with E-state index < -0.39 is 22.8 Å². The zero-order chi connectivity index (χ0) is 24.5. The van der Waals surface area contributed by atoms with E-state index in [9.17, 15) is 24.5 Å². The Hall–Kier alpha value is -4.06. The Kier molecular flexibility index (Phi) is 8.80. The van der Waals surface area contributed by atoms with E-state index in [2.05, 4.69) is 25.0 Å². The average Bonchev–Trinajstić information content (AvgIpc) is 2.77. The number of nitro groups is 1. The number of azo groups is 1. The van der Waals surface area contributed by atoms with Crippen molar-refractivity contribution in [1.29, 1.82) is 0 Å². The number of carbonyl (C=O) groups is 3. The summed E-state index contributed by atoms with van der Waals surface area (Å²) in [6.07, 6.45) is 0. The standard InChI is InChI=1S/C20H20ClN5O7/c1-12(27)22-18-9-13(25(10-19(28)32-2)11-20(29)33-3)4-7-17(18)24-23-16-6-5-14(26(30)31)8-15(16)21/h4-9H,10-11H2,1-3H3,(H,22,27). The van der Waals surface area contributed by atoms with Crippen LogP contribution in [0.15, 0.2) is 46.6 Å². The smallest absolute Gasteiger partial charge is 0.325 e. The van der Waals surface area contributed by atoms with Crippen molar-refractivity contribution in [1.82, 2.24) is 0 Å². The second kappa shape index (κ2) is 11.5. The number of benzene rings is 2. The van der Waals surface area contributed by atoms with Crippen LogP contribution in [0.5, 0.6) is 0 Å². The number of esters is 2. The first-order valence-corrected chi connectivity index (χ1v) is 9.68. The molecule has 0 fully saturated rings. The quantitative estimate of drug-likeness (QED) is 0.248. The van der Waals surface area contributed by atoms with Crippen molar-refractivity contribution in [2.45, 2.75) is 6.92 Å². The third kappa shape index (κ3) is 7.25. The predicted octanol–water partition coefficient (Wildman–Crippen LogP) is 3.77. The van der Waals surface area contributed by atoms with Gasteiger partial charge in [0.1, 0.15) is 24.5 Å². The SMILES string of the molecule is COC(=O)CN(CC(=O)OC)c1ccc(N=Nc2ccc([N+](=O)[O-])cc2Cl)c(NC(C)=O)c1. The third-order valence-corrected chi connectivity index (χ3v) is 4.46. The van der Waals surface area contributed by atoms with Crippen molar-refractivity contribution >= 4 is 57.9 Å². The fraction of sp³-hybridized carbons (Fsp3) is 0.250. The maximum Gasteiger partial charge on any atom is 0.325 e. The summed E-state index contributed by atoms with van der Waals surface area (Å²) < 4.78 is 9.33. The number of non-ortho nitro benzene ring substituents is 1. The molecule has 1 N–H and O–H groups in total. The number of amides is 1. The summed E-state index contributed by atoms with van der Waals surface area (Å²) in [5.74, 6) is -1.57. The van der Waals surface area contributed by atoms with Gasteiger partial charge in [-0.3, -0.25) is 24.5 Å². The van der Waals surface area contributed by atoms with Gasteiger partial charge in [-0.1, -0.05) is 11.6 Å². The summed E-state index contributed by atoms with van der Waals surface area (Å²) >= 11 is 6.03. The van der Waals surface area contributed by atoms with Crippen LogP contribution in [0.1, 0.15) is 6.92 Å². The molecule has 33 heavy (non-hydrogen) atoms. The molecule has 2 rings (SSSR count). The number of ether oxygens (including phenoxy) is 2. The maximum absolute atomic E-state index is 11.8. The number of nitro benzene ring substituents is 1. The first kappa shape index (κ1) is 25.2. The molecule has 174 valence electrons. The highest BCUT2D eigenvalue weighted by atomic mass is 35.5. The van der Waals surface area contributed by atoms with Crippen molar-refractivity contribution in [2.24, 2.45) is 10.2 Å². The molecule has 0 radical (unpaired) electrons. The maximum atomic E-state index is 11.8. The Bertz CT molecular complexity index is 1090. The number of rotatable bonds is 9. The lowest BCUT2D eigenvalue weighted by Gasteiger charge is -2.23. The van der Waals surface area contributed by atoms with Crippen LogP contribution in [0.25, 0.3) is 0 Å². The van der Waals surface area contributed by atoms with Crippen molar-refractivity contribution in [2.75, 3.05) is 37.5 Å². The van der Waals surface area contributed by atoms with E-state index >= 15 is 0 Å². The van der Waals surface area contributed by atoms with E-state index in [1.54, 1.807) is 6.07 Å². The number of nitrogens with zero attached hydrogens (tertiary/aromatic N) is 4. The number of halogens is 1. The van der Waals surface area contributed by atoms with E-state index in [-0.39, 0.29) is 40.9 Å². The van der Waals surface area contributed by atoms with Gasteiger partial charge in [0, 0.05) is 24.7 Å². The lowest BCUT2D eigenvalue weighted by Crippen LogP contribution is -2.35. The molecule has 2 aromatic carbocycles. The number of hydrogen-bond acceptors (Lipinski definition) is 10. The zero-order valence-corrected chi connectivity index (χ0v) is 18.7. The molecule has 2 aromatic rings. The fourth-order valence-corrected chi connectivity index (χ4v) is 2.79. The highest BCUT2D eigenvalue weighted by Gasteiger charge is 2.18. The Morgan fingerprint density at radius 1 is 1.03 bits per heavy atom. The van der Waals surface area contributed by atoms with Crippen LogP contribution in [-0.2, 0) is 23.9 Å². The van der Waals surface area contributed by atoms with Crippen LogP contribution in [0, 0.1) is 10.1 Å². The second-order valence-electron chi connectivity index (χ2n) is 6.48. The molecule has 0 heterocycles. The summed E-state index contributed by atoms with van der Waals surface area (Å²) in [6, 6.07) is 8.28. The number of anilines is 2. The highest BCUT2D eigenvalue weighted by Crippen LogP contribution is 2.34. The van der Waals surface area contributed by atoms with Crippen LogP contribution in [0.4, 0.5) is 28.4 Å². The monoisotopic (exact) mass is 477 g/mol. The number of nitrogens with one attached hydrogen (secondary N) is 1. The minimum absolute atomic E-state index is 0.0213. The van der Waals surface area contributed by atoms with Crippen molar-refractivity contribution in [3.63, 3.8) is 0 Å². The highest BCUT2D eigenvalue weighted by molar-refractivity contribution is 6.33. The fourth-order valence-electron chi connectivity index (χ4n) is 2.58. The van der Waals surface area contributed by atoms with Crippen LogP contribution in [0.2, 0.25) is 5.02 Å². The molecule has 0 aliphatic rings. The van der Waals surface area contributed by atoms with Crippen LogP contribution in [-0.4, -0.2) is 50.1 Å². The summed E-state index contributed by atoms with van der Waals surface area (Å²) in [4.78, 5) is 46.9. The van der Waals surface area contributed by atoms with E-state index in [4.69, 9.17) is 11.6 Å². The van der Waals surface area contributed by atoms with Gasteiger partial charge in [-0.15, -0.1) is 10.2 Å². The van der Waals surface area contributed by atoms with Crippen LogP contribution < -0.4 is 10.2 Å². The van der Waals surface area contributed by atoms with Crippen LogP contribution >= 0.6 is 11.6 Å². The molecule has 0 aliphatic heterocycles. The van der Waals surface area contributed by atoms with Gasteiger partial charge in [0.05, 0.1) is 29.9 Å². The number of hydrogen-bond donors (Lipinski definition) is 1. The van der Waals surface area contributed by atoms with Crippen molar-refractivity contribution in [3.05, 3.63) is 51.5 Å². The molecule has 1 amide bonds. The summed E-state index contributed by atoms with van der Waals surface area (Å²) in [7, 11) is 2.43. The van der Waals surface area contributed by atoms with Gasteiger partial charge >= 0.3 is 11.9 Å². The third-order valence-electron chi connectivity index (χ3n) is 4.16. The summed E-state index contributed by atoms with van der Waals surface area (Å²) in [6.45, 7) is 0.802. The van der Waals surface area contributed by atoms with E-state index in [1.807, 2.05) is 0 Å². The molecule has 13 heteroatoms.